The summed E-state index contributed by atoms with van der Waals surface area (Å²) in [5.74, 6) is 0.443. The van der Waals surface area contributed by atoms with E-state index in [1.807, 2.05) is 0 Å². The summed E-state index contributed by atoms with van der Waals surface area (Å²) >= 11 is 0. The fourth-order valence-electron chi connectivity index (χ4n) is 3.13. The zero-order chi connectivity index (χ0) is 16.7. The maximum Gasteiger partial charge on any atom is 0.254 e. The number of β-amino-alcohol motifs (C(OH)–C–C–N with tert-alkyl or cyclic N) is 1. The number of hydrogen-bond donors (Lipinski definition) is 1. The highest BCUT2D eigenvalue weighted by atomic mass is 16.3. The van der Waals surface area contributed by atoms with Crippen molar-refractivity contribution in [1.82, 2.24) is 24.9 Å². The van der Waals surface area contributed by atoms with Crippen molar-refractivity contribution in [2.45, 2.75) is 25.5 Å². The highest BCUT2D eigenvalue weighted by molar-refractivity contribution is 5.97. The fraction of sp³-hybridized carbons (Fsp3) is 0.375. The zero-order valence-corrected chi connectivity index (χ0v) is 13.2. The molecule has 0 radical (unpaired) electrons. The van der Waals surface area contributed by atoms with E-state index >= 15 is 0 Å². The third kappa shape index (κ3) is 2.65. The van der Waals surface area contributed by atoms with Crippen LogP contribution in [-0.4, -0.2) is 54.6 Å². The molecular weight excluding hydrogens is 310 g/mol. The van der Waals surface area contributed by atoms with Crippen LogP contribution in [0.3, 0.4) is 0 Å². The topological polar surface area (TPSA) is 97.3 Å². The molecule has 0 spiro atoms. The molecule has 1 atom stereocenters. The van der Waals surface area contributed by atoms with Crippen LogP contribution >= 0.6 is 0 Å². The molecule has 1 unspecified atom stereocenters. The molecule has 1 aromatic carbocycles. The van der Waals surface area contributed by atoms with Crippen LogP contribution in [0, 0.1) is 6.92 Å². The smallest absolute Gasteiger partial charge is 0.254 e. The van der Waals surface area contributed by atoms with E-state index in [4.69, 9.17) is 4.42 Å². The number of oxazole rings is 1. The lowest BCUT2D eigenvalue weighted by atomic mass is 10.0. The summed E-state index contributed by atoms with van der Waals surface area (Å²) in [5, 5.41) is 18.3. The van der Waals surface area contributed by atoms with Gasteiger partial charge in [0.1, 0.15) is 11.1 Å². The molecule has 0 saturated carbocycles. The van der Waals surface area contributed by atoms with Crippen LogP contribution in [0.5, 0.6) is 0 Å². The van der Waals surface area contributed by atoms with Crippen LogP contribution in [0.15, 0.2) is 35.0 Å². The number of aryl methyl sites for hydroxylation is 1. The molecule has 1 fully saturated rings. The van der Waals surface area contributed by atoms with E-state index in [0.717, 1.165) is 5.52 Å². The van der Waals surface area contributed by atoms with Crippen molar-refractivity contribution >= 4 is 17.0 Å². The van der Waals surface area contributed by atoms with Crippen molar-refractivity contribution in [3.8, 4) is 0 Å². The van der Waals surface area contributed by atoms with Gasteiger partial charge in [-0.15, -0.1) is 5.10 Å². The number of aliphatic hydroxyl groups is 1. The Morgan fingerprint density at radius 3 is 3.12 bits per heavy atom. The molecule has 24 heavy (non-hydrogen) atoms. The number of hydrogen-bond acceptors (Lipinski definition) is 6. The second-order valence-electron chi connectivity index (χ2n) is 6.22. The zero-order valence-electron chi connectivity index (χ0n) is 13.2. The van der Waals surface area contributed by atoms with E-state index in [0.29, 0.717) is 36.5 Å². The Morgan fingerprint density at radius 1 is 1.46 bits per heavy atom. The van der Waals surface area contributed by atoms with Gasteiger partial charge < -0.3 is 14.4 Å². The SMILES string of the molecule is Cc1nc2ccc(C(=O)N3CCC(O)(Cn4ccnn4)C3)cc2o1. The maximum absolute atomic E-state index is 12.7. The molecule has 1 aliphatic rings. The number of rotatable bonds is 3. The van der Waals surface area contributed by atoms with Gasteiger partial charge in [-0.1, -0.05) is 5.21 Å². The summed E-state index contributed by atoms with van der Waals surface area (Å²) in [4.78, 5) is 18.6. The average molecular weight is 327 g/mol. The van der Waals surface area contributed by atoms with Crippen LogP contribution in [0.1, 0.15) is 22.7 Å². The van der Waals surface area contributed by atoms with Gasteiger partial charge in [-0.05, 0) is 24.6 Å². The van der Waals surface area contributed by atoms with Gasteiger partial charge in [0.05, 0.1) is 19.3 Å². The maximum atomic E-state index is 12.7. The highest BCUT2D eigenvalue weighted by Crippen LogP contribution is 2.25. The number of likely N-dealkylation sites (tertiary alicyclic amines) is 1. The third-order valence-electron chi connectivity index (χ3n) is 4.29. The largest absolute Gasteiger partial charge is 0.441 e. The van der Waals surface area contributed by atoms with Gasteiger partial charge in [-0.25, -0.2) is 9.67 Å². The molecule has 2 aromatic heterocycles. The minimum atomic E-state index is -0.990. The number of aromatic nitrogens is 4. The minimum Gasteiger partial charge on any atom is -0.441 e. The van der Waals surface area contributed by atoms with Gasteiger partial charge in [0.2, 0.25) is 0 Å². The van der Waals surface area contributed by atoms with Crippen LogP contribution < -0.4 is 0 Å². The molecule has 3 heterocycles. The van der Waals surface area contributed by atoms with Gasteiger partial charge in [0.25, 0.3) is 5.91 Å². The van der Waals surface area contributed by atoms with Crippen LogP contribution in [-0.2, 0) is 6.54 Å². The first-order valence-corrected chi connectivity index (χ1v) is 7.75. The number of carbonyl (C=O) groups is 1. The molecule has 1 aliphatic heterocycles. The van der Waals surface area contributed by atoms with Crippen LogP contribution in [0.2, 0.25) is 0 Å². The monoisotopic (exact) mass is 327 g/mol. The number of nitrogens with zero attached hydrogens (tertiary/aromatic N) is 5. The van der Waals surface area contributed by atoms with Gasteiger partial charge in [0, 0.05) is 25.2 Å². The normalized spacial score (nSPS) is 20.8. The predicted molar refractivity (Wildman–Crippen MR) is 84.2 cm³/mol. The molecular formula is C16H17N5O3. The summed E-state index contributed by atoms with van der Waals surface area (Å²) in [6.07, 6.45) is 3.76. The molecule has 8 nitrogen and oxygen atoms in total. The van der Waals surface area contributed by atoms with E-state index in [1.54, 1.807) is 47.1 Å². The number of fused-ring (bicyclic) bond motifs is 1. The van der Waals surface area contributed by atoms with E-state index in [2.05, 4.69) is 15.3 Å². The summed E-state index contributed by atoms with van der Waals surface area (Å²) in [6.45, 7) is 2.85. The van der Waals surface area contributed by atoms with E-state index < -0.39 is 5.60 Å². The average Bonchev–Trinajstić information content (AvgIpc) is 3.25. The van der Waals surface area contributed by atoms with Gasteiger partial charge in [-0.3, -0.25) is 4.79 Å². The fourth-order valence-corrected chi connectivity index (χ4v) is 3.13. The molecule has 0 aliphatic carbocycles. The van der Waals surface area contributed by atoms with Crippen LogP contribution in [0.4, 0.5) is 0 Å². The lowest BCUT2D eigenvalue weighted by Crippen LogP contribution is -2.39. The van der Waals surface area contributed by atoms with Crippen molar-refractivity contribution in [1.29, 1.82) is 0 Å². The molecule has 8 heteroatoms. The minimum absolute atomic E-state index is 0.125. The summed E-state index contributed by atoms with van der Waals surface area (Å²) in [5.41, 5.74) is 0.864. The Balaban J connectivity index is 1.51. The lowest BCUT2D eigenvalue weighted by molar-refractivity contribution is 0.0267. The van der Waals surface area contributed by atoms with E-state index in [9.17, 15) is 9.90 Å². The van der Waals surface area contributed by atoms with Gasteiger partial charge in [-0.2, -0.15) is 0 Å². The molecule has 4 rings (SSSR count). The quantitative estimate of drug-likeness (QED) is 0.771. The van der Waals surface area contributed by atoms with Gasteiger partial charge >= 0.3 is 0 Å². The molecule has 1 N–H and O–H groups in total. The molecule has 3 aromatic rings. The Kier molecular flexibility index (Phi) is 3.34. The Bertz CT molecular complexity index is 888. The first-order valence-electron chi connectivity index (χ1n) is 7.75. The second kappa shape index (κ2) is 5.41. The van der Waals surface area contributed by atoms with Crippen LogP contribution in [0.25, 0.3) is 11.1 Å². The number of amides is 1. The standard InChI is InChI=1S/C16H17N5O3/c1-11-18-13-3-2-12(8-14(13)24-11)15(22)20-6-4-16(23,9-20)10-21-7-5-17-19-21/h2-3,5,7-8,23H,4,6,9-10H2,1H3. The first-order chi connectivity index (χ1) is 11.5. The van der Waals surface area contributed by atoms with Crippen molar-refractivity contribution in [2.75, 3.05) is 13.1 Å². The molecule has 0 bridgehead atoms. The van der Waals surface area contributed by atoms with E-state index in [-0.39, 0.29) is 12.5 Å². The van der Waals surface area contributed by atoms with Gasteiger partial charge in [0.15, 0.2) is 11.5 Å². The highest BCUT2D eigenvalue weighted by Gasteiger charge is 2.39. The Hall–Kier alpha value is -2.74. The summed E-state index contributed by atoms with van der Waals surface area (Å²) in [6, 6.07) is 5.21. The Morgan fingerprint density at radius 2 is 2.33 bits per heavy atom. The lowest BCUT2D eigenvalue weighted by Gasteiger charge is -2.23. The second-order valence-corrected chi connectivity index (χ2v) is 6.22. The number of carbonyl (C=O) groups excluding carboxylic acids is 1. The third-order valence-corrected chi connectivity index (χ3v) is 4.29. The van der Waals surface area contributed by atoms with Crippen molar-refractivity contribution in [3.05, 3.63) is 42.0 Å². The summed E-state index contributed by atoms with van der Waals surface area (Å²) < 4.78 is 7.06. The van der Waals surface area contributed by atoms with E-state index in [1.165, 1.54) is 0 Å². The van der Waals surface area contributed by atoms with Crippen molar-refractivity contribution in [3.63, 3.8) is 0 Å². The summed E-state index contributed by atoms with van der Waals surface area (Å²) in [7, 11) is 0. The molecule has 124 valence electrons. The first kappa shape index (κ1) is 14.8. The Labute approximate surface area is 137 Å². The molecule has 1 saturated heterocycles. The predicted octanol–water partition coefficient (Wildman–Crippen LogP) is 1.00. The van der Waals surface area contributed by atoms with Crippen molar-refractivity contribution < 1.29 is 14.3 Å². The number of benzene rings is 1. The van der Waals surface area contributed by atoms with Crippen molar-refractivity contribution in [2.24, 2.45) is 0 Å². The molecule has 1 amide bonds.